The van der Waals surface area contributed by atoms with Crippen molar-refractivity contribution in [2.24, 2.45) is 0 Å². The second-order valence-corrected chi connectivity index (χ2v) is 6.09. The normalized spacial score (nSPS) is 10.8. The fraction of sp³-hybridized carbons (Fsp3) is 0.333. The van der Waals surface area contributed by atoms with Gasteiger partial charge in [-0.1, -0.05) is 13.8 Å². The van der Waals surface area contributed by atoms with E-state index in [-0.39, 0.29) is 0 Å². The van der Waals surface area contributed by atoms with Gasteiger partial charge in [0.2, 0.25) is 0 Å². The van der Waals surface area contributed by atoms with Gasteiger partial charge in [-0.3, -0.25) is 0 Å². The lowest BCUT2D eigenvalue weighted by molar-refractivity contribution is 0.405. The van der Waals surface area contributed by atoms with Crippen molar-refractivity contribution in [3.05, 3.63) is 47.0 Å². The molecule has 0 heterocycles. The van der Waals surface area contributed by atoms with E-state index in [1.165, 1.54) is 0 Å². The van der Waals surface area contributed by atoms with Crippen LogP contribution in [0, 0.1) is 13.8 Å². The summed E-state index contributed by atoms with van der Waals surface area (Å²) in [6, 6.07) is 9.98. The fourth-order valence-electron chi connectivity index (χ4n) is 2.43. The van der Waals surface area contributed by atoms with Crippen LogP contribution in [0.3, 0.4) is 0 Å². The summed E-state index contributed by atoms with van der Waals surface area (Å²) < 4.78 is 11.5. The molecule has 0 aliphatic rings. The van der Waals surface area contributed by atoms with Crippen molar-refractivity contribution in [2.45, 2.75) is 38.5 Å². The van der Waals surface area contributed by atoms with E-state index in [1.807, 2.05) is 38.1 Å². The Kier molecular flexibility index (Phi) is 4.84. The summed E-state index contributed by atoms with van der Waals surface area (Å²) in [6.07, 6.45) is 0. The molecule has 2 rings (SSSR count). The zero-order valence-electron chi connectivity index (χ0n) is 13.2. The van der Waals surface area contributed by atoms with E-state index >= 15 is 0 Å². The molecule has 0 spiro atoms. The van der Waals surface area contributed by atoms with E-state index in [0.717, 1.165) is 38.8 Å². The molecule has 0 fully saturated rings. The maximum absolute atomic E-state index is 6.10. The first-order valence-electron chi connectivity index (χ1n) is 7.08. The number of hydrogen-bond donors (Lipinski definition) is 1. The zero-order valence-corrected chi connectivity index (χ0v) is 14.1. The summed E-state index contributed by atoms with van der Waals surface area (Å²) in [5.74, 6) is 3.01. The molecule has 0 N–H and O–H groups in total. The van der Waals surface area contributed by atoms with Crippen LogP contribution in [0.25, 0.3) is 0 Å². The molecular formula is C18H22O2S. The number of aryl methyl sites for hydroxylation is 2. The number of methoxy groups -OCH3 is 1. The molecule has 0 saturated heterocycles. The first-order chi connectivity index (χ1) is 9.92. The van der Waals surface area contributed by atoms with Crippen LogP contribution in [0.1, 0.15) is 36.5 Å². The highest BCUT2D eigenvalue weighted by atomic mass is 32.1. The van der Waals surface area contributed by atoms with Crippen molar-refractivity contribution in [2.75, 3.05) is 7.11 Å². The zero-order chi connectivity index (χ0) is 15.6. The first-order valence-corrected chi connectivity index (χ1v) is 7.53. The van der Waals surface area contributed by atoms with Gasteiger partial charge in [0.15, 0.2) is 0 Å². The number of rotatable bonds is 4. The van der Waals surface area contributed by atoms with Crippen LogP contribution in [-0.2, 0) is 0 Å². The summed E-state index contributed by atoms with van der Waals surface area (Å²) in [5, 5.41) is 0. The molecule has 2 aromatic carbocycles. The molecule has 0 unspecified atom stereocenters. The molecule has 0 bridgehead atoms. The van der Waals surface area contributed by atoms with Crippen molar-refractivity contribution in [3.8, 4) is 17.2 Å². The van der Waals surface area contributed by atoms with Crippen LogP contribution in [0.15, 0.2) is 35.2 Å². The van der Waals surface area contributed by atoms with Gasteiger partial charge < -0.3 is 9.47 Å². The van der Waals surface area contributed by atoms with Crippen molar-refractivity contribution >= 4 is 12.6 Å². The van der Waals surface area contributed by atoms with Gasteiger partial charge in [0, 0.05) is 10.5 Å². The minimum atomic E-state index is 0.380. The first kappa shape index (κ1) is 15.8. The highest BCUT2D eigenvalue weighted by Crippen LogP contribution is 2.35. The van der Waals surface area contributed by atoms with Crippen LogP contribution >= 0.6 is 12.6 Å². The van der Waals surface area contributed by atoms with Crippen LogP contribution in [0.5, 0.6) is 17.2 Å². The Bertz CT molecular complexity index is 625. The molecule has 0 aliphatic carbocycles. The summed E-state index contributed by atoms with van der Waals surface area (Å²) in [6.45, 7) is 8.37. The third kappa shape index (κ3) is 3.53. The number of thiol groups is 1. The molecule has 0 aromatic heterocycles. The maximum atomic E-state index is 6.10. The molecule has 0 saturated carbocycles. The van der Waals surface area contributed by atoms with Gasteiger partial charge in [0.25, 0.3) is 0 Å². The Balaban J connectivity index is 2.39. The highest BCUT2D eigenvalue weighted by Gasteiger charge is 2.11. The lowest BCUT2D eigenvalue weighted by Gasteiger charge is -2.16. The van der Waals surface area contributed by atoms with E-state index in [9.17, 15) is 0 Å². The minimum Gasteiger partial charge on any atom is -0.496 e. The van der Waals surface area contributed by atoms with Crippen LogP contribution in [-0.4, -0.2) is 7.11 Å². The highest BCUT2D eigenvalue weighted by molar-refractivity contribution is 7.80. The van der Waals surface area contributed by atoms with Gasteiger partial charge in [0.05, 0.1) is 7.11 Å². The number of hydrogen-bond acceptors (Lipinski definition) is 3. The number of ether oxygens (including phenoxy) is 2. The largest absolute Gasteiger partial charge is 0.496 e. The van der Waals surface area contributed by atoms with Crippen molar-refractivity contribution in [1.29, 1.82) is 0 Å². The van der Waals surface area contributed by atoms with E-state index in [4.69, 9.17) is 9.47 Å². The Morgan fingerprint density at radius 2 is 1.62 bits per heavy atom. The average Bonchev–Trinajstić information content (AvgIpc) is 2.42. The van der Waals surface area contributed by atoms with Crippen LogP contribution < -0.4 is 9.47 Å². The Morgan fingerprint density at radius 1 is 1.00 bits per heavy atom. The molecule has 2 aromatic rings. The van der Waals surface area contributed by atoms with Gasteiger partial charge >= 0.3 is 0 Å². The van der Waals surface area contributed by atoms with Gasteiger partial charge in [-0.25, -0.2) is 0 Å². The van der Waals surface area contributed by atoms with Crippen molar-refractivity contribution < 1.29 is 9.47 Å². The standard InChI is InChI=1S/C18H22O2S/c1-11(2)16-10-14(6-7-17(16)19-5)20-18-12(3)8-15(21)9-13(18)4/h6-11,21H,1-5H3. The third-order valence-corrected chi connectivity index (χ3v) is 3.75. The molecule has 2 nitrogen and oxygen atoms in total. The molecular weight excluding hydrogens is 280 g/mol. The average molecular weight is 302 g/mol. The summed E-state index contributed by atoms with van der Waals surface area (Å²) in [7, 11) is 1.70. The molecule has 0 aliphatic heterocycles. The van der Waals surface area contributed by atoms with E-state index in [1.54, 1.807) is 7.11 Å². The molecule has 0 atom stereocenters. The molecule has 21 heavy (non-hydrogen) atoms. The Morgan fingerprint density at radius 3 is 2.14 bits per heavy atom. The van der Waals surface area contributed by atoms with E-state index in [0.29, 0.717) is 5.92 Å². The second-order valence-electron chi connectivity index (χ2n) is 5.57. The number of benzene rings is 2. The van der Waals surface area contributed by atoms with E-state index < -0.39 is 0 Å². The Labute approximate surface area is 132 Å². The van der Waals surface area contributed by atoms with Crippen molar-refractivity contribution in [1.82, 2.24) is 0 Å². The van der Waals surface area contributed by atoms with Crippen LogP contribution in [0.2, 0.25) is 0 Å². The topological polar surface area (TPSA) is 18.5 Å². The summed E-state index contributed by atoms with van der Waals surface area (Å²) in [4.78, 5) is 0.954. The second kappa shape index (κ2) is 6.44. The lowest BCUT2D eigenvalue weighted by Crippen LogP contribution is -1.97. The van der Waals surface area contributed by atoms with Gasteiger partial charge in [-0.2, -0.15) is 0 Å². The molecule has 112 valence electrons. The summed E-state index contributed by atoms with van der Waals surface area (Å²) >= 11 is 4.39. The lowest BCUT2D eigenvalue weighted by atomic mass is 10.0. The predicted molar refractivity (Wildman–Crippen MR) is 90.3 cm³/mol. The molecule has 0 radical (unpaired) electrons. The van der Waals surface area contributed by atoms with Gasteiger partial charge in [-0.05, 0) is 61.2 Å². The molecule has 3 heteroatoms. The predicted octanol–water partition coefficient (Wildman–Crippen LogP) is 5.52. The van der Waals surface area contributed by atoms with Crippen LogP contribution in [0.4, 0.5) is 0 Å². The van der Waals surface area contributed by atoms with Gasteiger partial charge in [-0.15, -0.1) is 12.6 Å². The maximum Gasteiger partial charge on any atom is 0.133 e. The molecule has 0 amide bonds. The van der Waals surface area contributed by atoms with E-state index in [2.05, 4.69) is 32.5 Å². The minimum absolute atomic E-state index is 0.380. The van der Waals surface area contributed by atoms with Crippen molar-refractivity contribution in [3.63, 3.8) is 0 Å². The Hall–Kier alpha value is -1.61. The monoisotopic (exact) mass is 302 g/mol. The third-order valence-electron chi connectivity index (χ3n) is 3.49. The van der Waals surface area contributed by atoms with Gasteiger partial charge in [0.1, 0.15) is 17.2 Å². The smallest absolute Gasteiger partial charge is 0.133 e. The fourth-order valence-corrected chi connectivity index (χ4v) is 2.82. The SMILES string of the molecule is COc1ccc(Oc2c(C)cc(S)cc2C)cc1C(C)C. The quantitative estimate of drug-likeness (QED) is 0.750. The summed E-state index contributed by atoms with van der Waals surface area (Å²) in [5.41, 5.74) is 3.32.